The molecule has 2 aromatic rings. The number of aromatic hydroxyl groups is 1. The van der Waals surface area contributed by atoms with Crippen molar-refractivity contribution in [2.24, 2.45) is 0 Å². The van der Waals surface area contributed by atoms with E-state index in [0.717, 1.165) is 11.8 Å². The molecule has 0 aliphatic carbocycles. The Morgan fingerprint density at radius 1 is 1.36 bits per heavy atom. The van der Waals surface area contributed by atoms with Gasteiger partial charge in [0.25, 0.3) is 0 Å². The van der Waals surface area contributed by atoms with Crippen LogP contribution in [0.1, 0.15) is 29.3 Å². The highest BCUT2D eigenvalue weighted by Gasteiger charge is 2.33. The number of fused-ring (bicyclic) bond motifs is 3. The van der Waals surface area contributed by atoms with E-state index in [-0.39, 0.29) is 11.3 Å². The van der Waals surface area contributed by atoms with Crippen LogP contribution in [0.5, 0.6) is 11.5 Å². The van der Waals surface area contributed by atoms with Crippen molar-refractivity contribution in [2.45, 2.75) is 26.1 Å². The van der Waals surface area contributed by atoms with Crippen LogP contribution < -0.4 is 4.74 Å². The number of esters is 1. The lowest BCUT2D eigenvalue weighted by Crippen LogP contribution is -2.18. The number of hydrogen-bond donors (Lipinski definition) is 1. The second kappa shape index (κ2) is 5.85. The Morgan fingerprint density at radius 3 is 2.77 bits per heavy atom. The summed E-state index contributed by atoms with van der Waals surface area (Å²) in [5.41, 5.74) is 0.808. The van der Waals surface area contributed by atoms with Gasteiger partial charge in [-0.25, -0.2) is 4.79 Å². The van der Waals surface area contributed by atoms with Crippen LogP contribution in [0.2, 0.25) is 0 Å². The fourth-order valence-corrected chi connectivity index (χ4v) is 2.77. The molecule has 22 heavy (non-hydrogen) atoms. The molecule has 5 heteroatoms. The Kier molecular flexibility index (Phi) is 3.90. The van der Waals surface area contributed by atoms with E-state index in [1.165, 1.54) is 7.11 Å². The van der Waals surface area contributed by atoms with Crippen LogP contribution in [0.15, 0.2) is 24.3 Å². The van der Waals surface area contributed by atoms with Crippen molar-refractivity contribution in [3.63, 3.8) is 0 Å². The van der Waals surface area contributed by atoms with Crippen molar-refractivity contribution in [1.82, 2.24) is 0 Å². The van der Waals surface area contributed by atoms with Crippen LogP contribution in [-0.4, -0.2) is 31.1 Å². The van der Waals surface area contributed by atoms with Gasteiger partial charge in [-0.2, -0.15) is 0 Å². The molecule has 0 saturated carbocycles. The third-order valence-corrected chi connectivity index (χ3v) is 3.76. The van der Waals surface area contributed by atoms with Gasteiger partial charge in [0.2, 0.25) is 6.29 Å². The van der Waals surface area contributed by atoms with Crippen LogP contribution in [-0.2, 0) is 15.9 Å². The highest BCUT2D eigenvalue weighted by atomic mass is 16.7. The van der Waals surface area contributed by atoms with E-state index >= 15 is 0 Å². The standard InChI is InChI=1S/C17H18O5/c1-3-8-21-13-9-12-14(17(19)20-2)15(18)10-6-4-5-7-11(10)16(12)22-13/h4-7,13,18H,3,8-9H2,1-2H3. The Hall–Kier alpha value is -2.27. The summed E-state index contributed by atoms with van der Waals surface area (Å²) >= 11 is 0. The Balaban J connectivity index is 2.16. The highest BCUT2D eigenvalue weighted by Crippen LogP contribution is 2.44. The second-order valence-electron chi connectivity index (χ2n) is 5.19. The van der Waals surface area contributed by atoms with Crippen LogP contribution in [0.25, 0.3) is 10.8 Å². The molecule has 5 nitrogen and oxygen atoms in total. The number of methoxy groups -OCH3 is 1. The van der Waals surface area contributed by atoms with Crippen LogP contribution in [0.3, 0.4) is 0 Å². The summed E-state index contributed by atoms with van der Waals surface area (Å²) in [6.07, 6.45) is 0.855. The van der Waals surface area contributed by atoms with Crippen molar-refractivity contribution in [3.05, 3.63) is 35.4 Å². The lowest BCUT2D eigenvalue weighted by atomic mass is 9.97. The minimum Gasteiger partial charge on any atom is -0.506 e. The first-order valence-corrected chi connectivity index (χ1v) is 7.30. The van der Waals surface area contributed by atoms with E-state index in [0.29, 0.717) is 29.7 Å². The summed E-state index contributed by atoms with van der Waals surface area (Å²) < 4.78 is 16.3. The van der Waals surface area contributed by atoms with E-state index in [2.05, 4.69) is 0 Å². The van der Waals surface area contributed by atoms with Crippen LogP contribution >= 0.6 is 0 Å². The van der Waals surface area contributed by atoms with E-state index in [9.17, 15) is 9.90 Å². The summed E-state index contributed by atoms with van der Waals surface area (Å²) in [5, 5.41) is 11.8. The maximum absolute atomic E-state index is 12.1. The van der Waals surface area contributed by atoms with Gasteiger partial charge in [0.15, 0.2) is 0 Å². The first-order valence-electron chi connectivity index (χ1n) is 7.30. The third kappa shape index (κ3) is 2.27. The number of carbonyl (C=O) groups is 1. The topological polar surface area (TPSA) is 65.0 Å². The van der Waals surface area contributed by atoms with Crippen molar-refractivity contribution in [2.75, 3.05) is 13.7 Å². The number of benzene rings is 2. The largest absolute Gasteiger partial charge is 0.506 e. The molecule has 116 valence electrons. The van der Waals surface area contributed by atoms with Gasteiger partial charge in [-0.3, -0.25) is 0 Å². The summed E-state index contributed by atoms with van der Waals surface area (Å²) in [6, 6.07) is 7.27. The lowest BCUT2D eigenvalue weighted by Gasteiger charge is -2.12. The summed E-state index contributed by atoms with van der Waals surface area (Å²) in [5.74, 6) is -0.0462. The monoisotopic (exact) mass is 302 g/mol. The predicted octanol–water partition coefficient (Wildman–Crippen LogP) is 3.02. The fraction of sp³-hybridized carbons (Fsp3) is 0.353. The van der Waals surface area contributed by atoms with Crippen molar-refractivity contribution >= 4 is 16.7 Å². The molecule has 2 aromatic carbocycles. The van der Waals surface area contributed by atoms with Gasteiger partial charge in [0, 0.05) is 22.8 Å². The van der Waals surface area contributed by atoms with Gasteiger partial charge in [0.1, 0.15) is 17.1 Å². The zero-order chi connectivity index (χ0) is 15.7. The minimum atomic E-state index is -0.570. The Bertz CT molecular complexity index is 723. The SMILES string of the molecule is CCCOC1Cc2c(C(=O)OC)c(O)c3ccccc3c2O1. The van der Waals surface area contributed by atoms with Gasteiger partial charge in [-0.15, -0.1) is 0 Å². The molecule has 0 saturated heterocycles. The number of phenolic OH excluding ortho intramolecular Hbond substituents is 1. The maximum Gasteiger partial charge on any atom is 0.342 e. The number of carbonyl (C=O) groups excluding carboxylic acids is 1. The molecule has 1 aliphatic rings. The zero-order valence-electron chi connectivity index (χ0n) is 12.6. The molecule has 0 amide bonds. The molecule has 0 bridgehead atoms. The first kappa shape index (κ1) is 14.7. The van der Waals surface area contributed by atoms with Crippen molar-refractivity contribution in [3.8, 4) is 11.5 Å². The number of ether oxygens (including phenoxy) is 3. The first-order chi connectivity index (χ1) is 10.7. The molecule has 3 rings (SSSR count). The average molecular weight is 302 g/mol. The molecule has 1 N–H and O–H groups in total. The average Bonchev–Trinajstić information content (AvgIpc) is 2.96. The molecule has 0 radical (unpaired) electrons. The normalized spacial score (nSPS) is 16.4. The summed E-state index contributed by atoms with van der Waals surface area (Å²) in [7, 11) is 1.30. The number of phenols is 1. The molecular formula is C17H18O5. The third-order valence-electron chi connectivity index (χ3n) is 3.76. The number of hydrogen-bond acceptors (Lipinski definition) is 5. The van der Waals surface area contributed by atoms with Gasteiger partial charge < -0.3 is 19.3 Å². The molecule has 0 fully saturated rings. The van der Waals surface area contributed by atoms with E-state index in [1.807, 2.05) is 19.1 Å². The minimum absolute atomic E-state index is 0.0686. The van der Waals surface area contributed by atoms with E-state index < -0.39 is 12.3 Å². The maximum atomic E-state index is 12.1. The van der Waals surface area contributed by atoms with E-state index in [1.54, 1.807) is 12.1 Å². The van der Waals surface area contributed by atoms with Crippen LogP contribution in [0.4, 0.5) is 0 Å². The Labute approximate surface area is 128 Å². The number of rotatable bonds is 4. The molecule has 1 heterocycles. The second-order valence-corrected chi connectivity index (χ2v) is 5.19. The molecule has 0 spiro atoms. The van der Waals surface area contributed by atoms with Gasteiger partial charge in [-0.05, 0) is 6.42 Å². The predicted molar refractivity (Wildman–Crippen MR) is 81.3 cm³/mol. The smallest absolute Gasteiger partial charge is 0.342 e. The summed E-state index contributed by atoms with van der Waals surface area (Å²) in [6.45, 7) is 2.60. The van der Waals surface area contributed by atoms with Gasteiger partial charge >= 0.3 is 5.97 Å². The van der Waals surface area contributed by atoms with Gasteiger partial charge in [0.05, 0.1) is 13.7 Å². The molecular weight excluding hydrogens is 284 g/mol. The summed E-state index contributed by atoms with van der Waals surface area (Å²) in [4.78, 5) is 12.1. The molecule has 0 aromatic heterocycles. The lowest BCUT2D eigenvalue weighted by molar-refractivity contribution is -0.0647. The van der Waals surface area contributed by atoms with Crippen molar-refractivity contribution in [1.29, 1.82) is 0 Å². The Morgan fingerprint density at radius 2 is 2.09 bits per heavy atom. The molecule has 1 atom stereocenters. The zero-order valence-corrected chi connectivity index (χ0v) is 12.6. The van der Waals surface area contributed by atoms with Gasteiger partial charge in [-0.1, -0.05) is 31.2 Å². The van der Waals surface area contributed by atoms with E-state index in [4.69, 9.17) is 14.2 Å². The van der Waals surface area contributed by atoms with Crippen LogP contribution in [0, 0.1) is 0 Å². The van der Waals surface area contributed by atoms with Crippen molar-refractivity contribution < 1.29 is 24.1 Å². The fourth-order valence-electron chi connectivity index (χ4n) is 2.77. The molecule has 1 unspecified atom stereocenters. The molecule has 1 aliphatic heterocycles. The quantitative estimate of drug-likeness (QED) is 0.879. The highest BCUT2D eigenvalue weighted by molar-refractivity contribution is 6.06.